The Kier molecular flexibility index (Phi) is 3.88. The van der Waals surface area contributed by atoms with Gasteiger partial charge in [0.1, 0.15) is 0 Å². The van der Waals surface area contributed by atoms with Crippen molar-refractivity contribution < 1.29 is 17.9 Å². The maximum Gasteiger partial charge on any atom is 0.310 e. The molecule has 1 heterocycles. The lowest BCUT2D eigenvalue weighted by atomic mass is 9.99. The van der Waals surface area contributed by atoms with Gasteiger partial charge in [0.2, 0.25) is 10.0 Å². The highest BCUT2D eigenvalue weighted by atomic mass is 32.2. The Morgan fingerprint density at radius 3 is 2.24 bits per heavy atom. The Morgan fingerprint density at radius 1 is 1.29 bits per heavy atom. The summed E-state index contributed by atoms with van der Waals surface area (Å²) in [6, 6.07) is 0. The molecule has 1 rings (SSSR count). The van der Waals surface area contributed by atoms with Crippen molar-refractivity contribution in [1.82, 2.24) is 4.31 Å². The number of esters is 1. The van der Waals surface area contributed by atoms with Crippen LogP contribution in [0.3, 0.4) is 0 Å². The average molecular weight is 263 g/mol. The molecule has 17 heavy (non-hydrogen) atoms. The summed E-state index contributed by atoms with van der Waals surface area (Å²) in [5, 5.41) is 0. The van der Waals surface area contributed by atoms with Gasteiger partial charge in [0.25, 0.3) is 0 Å². The molecule has 0 N–H and O–H groups in total. The van der Waals surface area contributed by atoms with E-state index < -0.39 is 14.8 Å². The van der Waals surface area contributed by atoms with Gasteiger partial charge >= 0.3 is 5.97 Å². The molecule has 1 aliphatic rings. The molecule has 0 amide bonds. The van der Waals surface area contributed by atoms with Gasteiger partial charge < -0.3 is 4.74 Å². The summed E-state index contributed by atoms with van der Waals surface area (Å²) < 4.78 is 29.7. The van der Waals surface area contributed by atoms with E-state index in [9.17, 15) is 13.2 Å². The van der Waals surface area contributed by atoms with Gasteiger partial charge in [0, 0.05) is 13.1 Å². The number of hydrogen-bond donors (Lipinski definition) is 0. The zero-order valence-electron chi connectivity index (χ0n) is 11.1. The van der Waals surface area contributed by atoms with Crippen molar-refractivity contribution in [3.05, 3.63) is 0 Å². The fourth-order valence-electron chi connectivity index (χ4n) is 1.96. The molecule has 0 radical (unpaired) electrons. The highest BCUT2D eigenvalue weighted by molar-refractivity contribution is 7.90. The molecule has 1 aliphatic heterocycles. The molecule has 0 bridgehead atoms. The van der Waals surface area contributed by atoms with Crippen LogP contribution in [0.15, 0.2) is 0 Å². The fraction of sp³-hybridized carbons (Fsp3) is 0.909. The van der Waals surface area contributed by atoms with E-state index in [0.717, 1.165) is 0 Å². The number of ether oxygens (including phenoxy) is 1. The first-order valence-corrected chi connectivity index (χ1v) is 7.12. The van der Waals surface area contributed by atoms with Crippen molar-refractivity contribution in [2.24, 2.45) is 11.8 Å². The van der Waals surface area contributed by atoms with E-state index in [1.54, 1.807) is 20.8 Å². The Morgan fingerprint density at radius 2 is 1.82 bits per heavy atom. The lowest BCUT2D eigenvalue weighted by molar-refractivity contribution is -0.145. The summed E-state index contributed by atoms with van der Waals surface area (Å²) in [6.07, 6.45) is 0. The van der Waals surface area contributed by atoms with Crippen molar-refractivity contribution in [2.75, 3.05) is 20.2 Å². The highest BCUT2D eigenvalue weighted by Gasteiger charge is 2.44. The smallest absolute Gasteiger partial charge is 0.310 e. The van der Waals surface area contributed by atoms with Gasteiger partial charge in [-0.15, -0.1) is 0 Å². The Labute approximate surface area is 103 Å². The normalized spacial score (nSPS) is 27.1. The van der Waals surface area contributed by atoms with Crippen LogP contribution in [-0.4, -0.2) is 43.6 Å². The molecule has 6 heteroatoms. The molecule has 0 aromatic rings. The molecule has 2 atom stereocenters. The van der Waals surface area contributed by atoms with Gasteiger partial charge in [-0.2, -0.15) is 0 Å². The number of carbonyl (C=O) groups is 1. The van der Waals surface area contributed by atoms with Crippen molar-refractivity contribution in [3.8, 4) is 0 Å². The lowest BCUT2D eigenvalue weighted by Gasteiger charge is -2.26. The van der Waals surface area contributed by atoms with Gasteiger partial charge in [-0.25, -0.2) is 12.7 Å². The van der Waals surface area contributed by atoms with Crippen molar-refractivity contribution >= 4 is 16.0 Å². The third-order valence-corrected chi connectivity index (χ3v) is 5.72. The lowest BCUT2D eigenvalue weighted by Crippen LogP contribution is -2.42. The standard InChI is InChI=1S/C11H21NO4S/c1-8-6-12(7-9(8)10(13)16-5)17(14,15)11(2,3)4/h8-9H,6-7H2,1-5H3. The van der Waals surface area contributed by atoms with Crippen LogP contribution in [0.5, 0.6) is 0 Å². The van der Waals surface area contributed by atoms with E-state index in [1.807, 2.05) is 6.92 Å². The summed E-state index contributed by atoms with van der Waals surface area (Å²) in [4.78, 5) is 11.5. The number of carbonyl (C=O) groups excluding carboxylic acids is 1. The predicted molar refractivity (Wildman–Crippen MR) is 64.9 cm³/mol. The molecular formula is C11H21NO4S. The number of nitrogens with zero attached hydrogens (tertiary/aromatic N) is 1. The maximum atomic E-state index is 12.2. The van der Waals surface area contributed by atoms with E-state index in [4.69, 9.17) is 4.74 Å². The molecule has 100 valence electrons. The predicted octanol–water partition coefficient (Wildman–Crippen LogP) is 0.856. The minimum Gasteiger partial charge on any atom is -0.469 e. The fourth-order valence-corrected chi connectivity index (χ4v) is 3.53. The molecule has 1 fully saturated rings. The van der Waals surface area contributed by atoms with Crippen molar-refractivity contribution in [2.45, 2.75) is 32.4 Å². The molecule has 0 aromatic carbocycles. The van der Waals surface area contributed by atoms with Gasteiger partial charge in [-0.3, -0.25) is 4.79 Å². The van der Waals surface area contributed by atoms with Gasteiger partial charge in [0.05, 0.1) is 17.8 Å². The van der Waals surface area contributed by atoms with E-state index in [-0.39, 0.29) is 24.3 Å². The van der Waals surface area contributed by atoms with Crippen LogP contribution >= 0.6 is 0 Å². The summed E-state index contributed by atoms with van der Waals surface area (Å²) >= 11 is 0. The first-order valence-electron chi connectivity index (χ1n) is 5.68. The van der Waals surface area contributed by atoms with E-state index >= 15 is 0 Å². The molecule has 0 saturated carbocycles. The molecule has 2 unspecified atom stereocenters. The van der Waals surface area contributed by atoms with Crippen LogP contribution in [-0.2, 0) is 19.6 Å². The number of hydrogen-bond acceptors (Lipinski definition) is 4. The monoisotopic (exact) mass is 263 g/mol. The first-order chi connectivity index (χ1) is 7.61. The average Bonchev–Trinajstić information content (AvgIpc) is 2.58. The van der Waals surface area contributed by atoms with Crippen LogP contribution < -0.4 is 0 Å². The zero-order chi connectivity index (χ0) is 13.4. The second-order valence-electron chi connectivity index (χ2n) is 5.54. The summed E-state index contributed by atoms with van der Waals surface area (Å²) in [5.74, 6) is -0.680. The van der Waals surface area contributed by atoms with Crippen LogP contribution in [0.4, 0.5) is 0 Å². The maximum absolute atomic E-state index is 12.2. The first kappa shape index (κ1) is 14.4. The topological polar surface area (TPSA) is 63.7 Å². The van der Waals surface area contributed by atoms with Gasteiger partial charge in [-0.05, 0) is 26.7 Å². The van der Waals surface area contributed by atoms with E-state index in [2.05, 4.69) is 0 Å². The molecule has 0 aliphatic carbocycles. The number of methoxy groups -OCH3 is 1. The third-order valence-electron chi connectivity index (χ3n) is 3.20. The number of sulfonamides is 1. The summed E-state index contributed by atoms with van der Waals surface area (Å²) in [6.45, 7) is 7.49. The second-order valence-corrected chi connectivity index (χ2v) is 8.23. The Balaban J connectivity index is 2.90. The Hall–Kier alpha value is -0.620. The summed E-state index contributed by atoms with van der Waals surface area (Å²) in [7, 11) is -2.03. The largest absolute Gasteiger partial charge is 0.469 e. The van der Waals surface area contributed by atoms with Crippen LogP contribution in [0.1, 0.15) is 27.7 Å². The van der Waals surface area contributed by atoms with E-state index in [1.165, 1.54) is 11.4 Å². The van der Waals surface area contributed by atoms with Crippen LogP contribution in [0.2, 0.25) is 0 Å². The molecular weight excluding hydrogens is 242 g/mol. The van der Waals surface area contributed by atoms with Crippen LogP contribution in [0.25, 0.3) is 0 Å². The quantitative estimate of drug-likeness (QED) is 0.693. The minimum absolute atomic E-state index is 0.000394. The molecule has 5 nitrogen and oxygen atoms in total. The second kappa shape index (κ2) is 4.57. The summed E-state index contributed by atoms with van der Waals surface area (Å²) in [5.41, 5.74) is 0. The molecule has 1 saturated heterocycles. The molecule has 0 spiro atoms. The number of rotatable bonds is 2. The Bertz CT molecular complexity index is 396. The van der Waals surface area contributed by atoms with E-state index in [0.29, 0.717) is 6.54 Å². The SMILES string of the molecule is COC(=O)C1CN(S(=O)(=O)C(C)(C)C)CC1C. The zero-order valence-corrected chi connectivity index (χ0v) is 11.9. The van der Waals surface area contributed by atoms with Gasteiger partial charge in [-0.1, -0.05) is 6.92 Å². The third kappa shape index (κ3) is 2.63. The molecule has 0 aromatic heterocycles. The van der Waals surface area contributed by atoms with Crippen molar-refractivity contribution in [3.63, 3.8) is 0 Å². The van der Waals surface area contributed by atoms with Gasteiger partial charge in [0.15, 0.2) is 0 Å². The van der Waals surface area contributed by atoms with Crippen LogP contribution in [0, 0.1) is 11.8 Å². The highest BCUT2D eigenvalue weighted by Crippen LogP contribution is 2.30. The van der Waals surface area contributed by atoms with Crippen molar-refractivity contribution in [1.29, 1.82) is 0 Å². The minimum atomic E-state index is -3.36.